The summed E-state index contributed by atoms with van der Waals surface area (Å²) in [4.78, 5) is 38.9. The van der Waals surface area contributed by atoms with Crippen LogP contribution in [0.1, 0.15) is 33.6 Å². The Balaban J connectivity index is 1.84. The van der Waals surface area contributed by atoms with Gasteiger partial charge in [-0.1, -0.05) is 12.1 Å². The zero-order valence-corrected chi connectivity index (χ0v) is 14.6. The maximum Gasteiger partial charge on any atom is 0.336 e. The molecule has 1 fully saturated rings. The summed E-state index contributed by atoms with van der Waals surface area (Å²) in [6, 6.07) is 7.05. The van der Waals surface area contributed by atoms with Crippen LogP contribution in [0, 0.1) is 0 Å². The molecule has 1 saturated heterocycles. The third-order valence-corrected chi connectivity index (χ3v) is 4.56. The Bertz CT molecular complexity index is 709. The molecule has 0 spiro atoms. The van der Waals surface area contributed by atoms with Gasteiger partial charge in [-0.3, -0.25) is 14.5 Å². The second-order valence-corrected chi connectivity index (χ2v) is 6.78. The number of fused-ring (bicyclic) bond motifs is 1. The van der Waals surface area contributed by atoms with Crippen LogP contribution in [0.15, 0.2) is 24.3 Å². The lowest BCUT2D eigenvalue weighted by Crippen LogP contribution is -2.60. The molecule has 0 aliphatic carbocycles. The molecule has 2 heterocycles. The molecular formula is C18H22N2O5. The fourth-order valence-electron chi connectivity index (χ4n) is 3.09. The van der Waals surface area contributed by atoms with Crippen molar-refractivity contribution in [2.45, 2.75) is 51.4 Å². The molecule has 134 valence electrons. The average Bonchev–Trinajstić information content (AvgIpc) is 3.10. The Labute approximate surface area is 146 Å². The van der Waals surface area contributed by atoms with Crippen LogP contribution >= 0.6 is 0 Å². The van der Waals surface area contributed by atoms with Crippen LogP contribution in [-0.4, -0.2) is 42.1 Å². The van der Waals surface area contributed by atoms with Crippen molar-refractivity contribution in [3.63, 3.8) is 0 Å². The molecule has 1 aromatic carbocycles. The summed E-state index contributed by atoms with van der Waals surface area (Å²) in [6.45, 7) is 5.35. The van der Waals surface area contributed by atoms with Gasteiger partial charge in [0, 0.05) is 6.61 Å². The zero-order valence-electron chi connectivity index (χ0n) is 14.6. The van der Waals surface area contributed by atoms with E-state index in [0.29, 0.717) is 24.4 Å². The van der Waals surface area contributed by atoms with Crippen LogP contribution in [0.3, 0.4) is 0 Å². The van der Waals surface area contributed by atoms with E-state index < -0.39 is 29.6 Å². The highest BCUT2D eigenvalue weighted by molar-refractivity contribution is 6.15. The highest BCUT2D eigenvalue weighted by Crippen LogP contribution is 2.37. The number of carbonyl (C=O) groups is 3. The number of nitrogens with one attached hydrogen (secondary N) is 1. The lowest BCUT2D eigenvalue weighted by molar-refractivity contribution is -0.163. The van der Waals surface area contributed by atoms with Gasteiger partial charge in [-0.25, -0.2) is 4.79 Å². The molecule has 0 bridgehead atoms. The summed E-state index contributed by atoms with van der Waals surface area (Å²) in [6.07, 6.45) is -0.232. The van der Waals surface area contributed by atoms with Gasteiger partial charge in [-0.05, 0) is 45.7 Å². The Kier molecular flexibility index (Phi) is 4.51. The highest BCUT2D eigenvalue weighted by atomic mass is 16.6. The van der Waals surface area contributed by atoms with Gasteiger partial charge >= 0.3 is 5.97 Å². The summed E-state index contributed by atoms with van der Waals surface area (Å²) in [5, 5.41) is 2.80. The molecule has 0 radical (unpaired) electrons. The second-order valence-electron chi connectivity index (χ2n) is 6.78. The Hall–Kier alpha value is -2.41. The minimum Gasteiger partial charge on any atom is -0.451 e. The van der Waals surface area contributed by atoms with Gasteiger partial charge in [0.1, 0.15) is 5.54 Å². The number of esters is 1. The number of benzene rings is 1. The molecule has 3 rings (SSSR count). The minimum absolute atomic E-state index is 0.294. The van der Waals surface area contributed by atoms with Crippen LogP contribution in [0.25, 0.3) is 0 Å². The standard InChI is InChI=1S/C18H22N2O5/c1-11(25-16(22)14-9-6-10-24-14)15(21)20-13-8-5-4-7-12(13)19-17(23)18(20,2)3/h4-5,7-8,11,14H,6,9-10H2,1-3H3,(H,19,23)/t11-,14-/m1/s1. The summed E-state index contributed by atoms with van der Waals surface area (Å²) >= 11 is 0. The number of hydrogen-bond acceptors (Lipinski definition) is 5. The normalized spacial score (nSPS) is 22.8. The largest absolute Gasteiger partial charge is 0.451 e. The van der Waals surface area contributed by atoms with Gasteiger partial charge in [0.15, 0.2) is 12.2 Å². The van der Waals surface area contributed by atoms with Crippen molar-refractivity contribution in [2.24, 2.45) is 0 Å². The van der Waals surface area contributed by atoms with Crippen LogP contribution < -0.4 is 10.2 Å². The maximum absolute atomic E-state index is 13.0. The van der Waals surface area contributed by atoms with Gasteiger partial charge in [-0.2, -0.15) is 0 Å². The quantitative estimate of drug-likeness (QED) is 0.845. The molecule has 2 aliphatic rings. The fraction of sp³-hybridized carbons (Fsp3) is 0.500. The number of hydrogen-bond donors (Lipinski definition) is 1. The van der Waals surface area contributed by atoms with E-state index in [1.165, 1.54) is 11.8 Å². The Morgan fingerprint density at radius 1 is 1.36 bits per heavy atom. The van der Waals surface area contributed by atoms with Crippen molar-refractivity contribution >= 4 is 29.2 Å². The summed E-state index contributed by atoms with van der Waals surface area (Å²) in [7, 11) is 0. The lowest BCUT2D eigenvalue weighted by atomic mass is 9.95. The molecule has 1 N–H and O–H groups in total. The van der Waals surface area contributed by atoms with Crippen LogP contribution in [0.5, 0.6) is 0 Å². The first-order valence-electron chi connectivity index (χ1n) is 8.39. The maximum atomic E-state index is 13.0. The van der Waals surface area contributed by atoms with Crippen molar-refractivity contribution in [3.8, 4) is 0 Å². The third kappa shape index (κ3) is 3.11. The molecule has 7 heteroatoms. The van der Waals surface area contributed by atoms with Crippen molar-refractivity contribution in [3.05, 3.63) is 24.3 Å². The Morgan fingerprint density at radius 3 is 2.76 bits per heavy atom. The molecule has 2 atom stereocenters. The van der Waals surface area contributed by atoms with Crippen molar-refractivity contribution in [1.82, 2.24) is 0 Å². The van der Waals surface area contributed by atoms with E-state index in [1.807, 2.05) is 0 Å². The molecule has 2 amide bonds. The number of nitrogens with zero attached hydrogens (tertiary/aromatic N) is 1. The van der Waals surface area contributed by atoms with Crippen molar-refractivity contribution in [2.75, 3.05) is 16.8 Å². The number of carbonyl (C=O) groups excluding carboxylic acids is 3. The topological polar surface area (TPSA) is 84.9 Å². The Morgan fingerprint density at radius 2 is 2.08 bits per heavy atom. The number of anilines is 2. The number of ether oxygens (including phenoxy) is 2. The zero-order chi connectivity index (χ0) is 18.2. The van der Waals surface area contributed by atoms with Crippen molar-refractivity contribution < 1.29 is 23.9 Å². The van der Waals surface area contributed by atoms with E-state index in [9.17, 15) is 14.4 Å². The smallest absolute Gasteiger partial charge is 0.336 e. The SMILES string of the molecule is C[C@@H](OC(=O)[C@H]1CCCO1)C(=O)N1c2ccccc2NC(=O)C1(C)C. The van der Waals surface area contributed by atoms with Crippen molar-refractivity contribution in [1.29, 1.82) is 0 Å². The molecule has 25 heavy (non-hydrogen) atoms. The third-order valence-electron chi connectivity index (χ3n) is 4.56. The molecule has 1 aromatic rings. The number of amides is 2. The second kappa shape index (κ2) is 6.48. The number of para-hydroxylation sites is 2. The molecule has 0 saturated carbocycles. The summed E-state index contributed by atoms with van der Waals surface area (Å²) in [5.74, 6) is -1.28. The first kappa shape index (κ1) is 17.4. The van der Waals surface area contributed by atoms with Crippen LogP contribution in [-0.2, 0) is 23.9 Å². The van der Waals surface area contributed by atoms with E-state index in [4.69, 9.17) is 9.47 Å². The van der Waals surface area contributed by atoms with Gasteiger partial charge < -0.3 is 14.8 Å². The monoisotopic (exact) mass is 346 g/mol. The van der Waals surface area contributed by atoms with Gasteiger partial charge in [-0.15, -0.1) is 0 Å². The predicted octanol–water partition coefficient (Wildman–Crippen LogP) is 1.86. The first-order valence-corrected chi connectivity index (χ1v) is 8.39. The molecule has 7 nitrogen and oxygen atoms in total. The van der Waals surface area contributed by atoms with Gasteiger partial charge in [0.25, 0.3) is 5.91 Å². The van der Waals surface area contributed by atoms with E-state index in [-0.39, 0.29) is 5.91 Å². The van der Waals surface area contributed by atoms with E-state index in [1.54, 1.807) is 38.1 Å². The molecular weight excluding hydrogens is 324 g/mol. The van der Waals surface area contributed by atoms with Gasteiger partial charge in [0.05, 0.1) is 11.4 Å². The molecule has 0 aromatic heterocycles. The molecule has 2 aliphatic heterocycles. The van der Waals surface area contributed by atoms with E-state index in [0.717, 1.165) is 6.42 Å². The van der Waals surface area contributed by atoms with Crippen LogP contribution in [0.2, 0.25) is 0 Å². The fourth-order valence-corrected chi connectivity index (χ4v) is 3.09. The van der Waals surface area contributed by atoms with Gasteiger partial charge in [0.2, 0.25) is 5.91 Å². The first-order chi connectivity index (χ1) is 11.8. The summed E-state index contributed by atoms with van der Waals surface area (Å²) < 4.78 is 10.6. The van der Waals surface area contributed by atoms with Crippen LogP contribution in [0.4, 0.5) is 11.4 Å². The summed E-state index contributed by atoms with van der Waals surface area (Å²) in [5.41, 5.74) is 0.0330. The number of rotatable bonds is 3. The van der Waals surface area contributed by atoms with E-state index >= 15 is 0 Å². The molecule has 0 unspecified atom stereocenters. The minimum atomic E-state index is -1.10. The average molecular weight is 346 g/mol. The van der Waals surface area contributed by atoms with E-state index in [2.05, 4.69) is 5.32 Å². The predicted molar refractivity (Wildman–Crippen MR) is 91.2 cm³/mol. The highest BCUT2D eigenvalue weighted by Gasteiger charge is 2.45. The lowest BCUT2D eigenvalue weighted by Gasteiger charge is -2.42.